The number of phenolic OH excluding ortho intramolecular Hbond substituents is 1. The van der Waals surface area contributed by atoms with Crippen LogP contribution in [0.3, 0.4) is 0 Å². The normalized spacial score (nSPS) is 12.7. The molecule has 6 heteroatoms. The Morgan fingerprint density at radius 1 is 0.969 bits per heavy atom. The minimum absolute atomic E-state index is 0.283. The number of aromatic hydroxyl groups is 1. The Balaban J connectivity index is 1.43. The number of fused-ring (bicyclic) bond motifs is 3. The summed E-state index contributed by atoms with van der Waals surface area (Å²) < 4.78 is 8.12. The smallest absolute Gasteiger partial charge is 0.140 e. The second kappa shape index (κ2) is 8.35. The summed E-state index contributed by atoms with van der Waals surface area (Å²) in [6.45, 7) is 8.41. The van der Waals surface area contributed by atoms with Crippen LogP contribution in [0.15, 0.2) is 60.0 Å². The van der Waals surface area contributed by atoms with Gasteiger partial charge in [-0.3, -0.25) is 0 Å². The van der Waals surface area contributed by atoms with Crippen molar-refractivity contribution in [1.29, 1.82) is 0 Å². The second-order valence-corrected chi connectivity index (χ2v) is 16.2. The maximum absolute atomic E-state index is 9.54. The maximum Gasteiger partial charge on any atom is 0.140 e. The number of hydrogen-bond donors (Lipinski definition) is 1. The molecule has 2 heterocycles. The summed E-state index contributed by atoms with van der Waals surface area (Å²) in [5.74, 6) is 0.283. The fourth-order valence-electron chi connectivity index (χ4n) is 4.15. The monoisotopic (exact) mass is 460 g/mol. The fraction of sp³-hybridized carbons (Fsp3) is 0.269. The highest BCUT2D eigenvalue weighted by atomic mass is 32.1. The Morgan fingerprint density at radius 2 is 1.62 bits per heavy atom. The van der Waals surface area contributed by atoms with E-state index in [0.29, 0.717) is 6.73 Å². The van der Waals surface area contributed by atoms with Crippen LogP contribution in [0, 0.1) is 0 Å². The molecule has 5 rings (SSSR count). The molecular formula is C26H28N2O2SSi. The van der Waals surface area contributed by atoms with Gasteiger partial charge >= 0.3 is 0 Å². The van der Waals surface area contributed by atoms with E-state index in [9.17, 15) is 5.11 Å². The summed E-state index contributed by atoms with van der Waals surface area (Å²) in [6.07, 6.45) is 0.937. The molecule has 0 saturated heterocycles. The van der Waals surface area contributed by atoms with Gasteiger partial charge in [0.2, 0.25) is 0 Å². The van der Waals surface area contributed by atoms with Crippen LogP contribution in [-0.2, 0) is 17.9 Å². The van der Waals surface area contributed by atoms with Crippen molar-refractivity contribution in [2.75, 3.05) is 6.61 Å². The third-order valence-corrected chi connectivity index (χ3v) is 8.58. The van der Waals surface area contributed by atoms with Gasteiger partial charge < -0.3 is 9.84 Å². The molecule has 4 aromatic rings. The van der Waals surface area contributed by atoms with Gasteiger partial charge in [-0.25, -0.2) is 4.68 Å². The van der Waals surface area contributed by atoms with E-state index in [4.69, 9.17) is 9.84 Å². The average Bonchev–Trinajstić information content (AvgIpc) is 3.43. The van der Waals surface area contributed by atoms with Gasteiger partial charge in [0, 0.05) is 42.7 Å². The van der Waals surface area contributed by atoms with Gasteiger partial charge in [-0.05, 0) is 40.8 Å². The van der Waals surface area contributed by atoms with Crippen molar-refractivity contribution in [1.82, 2.24) is 9.78 Å². The van der Waals surface area contributed by atoms with Crippen LogP contribution in [0.1, 0.15) is 10.4 Å². The first-order valence-electron chi connectivity index (χ1n) is 11.0. The molecule has 1 aliphatic rings. The first kappa shape index (κ1) is 21.2. The van der Waals surface area contributed by atoms with Crippen LogP contribution in [0.4, 0.5) is 0 Å². The molecular weight excluding hydrogens is 432 g/mol. The van der Waals surface area contributed by atoms with E-state index in [1.54, 1.807) is 12.1 Å². The molecule has 2 aromatic carbocycles. The summed E-state index contributed by atoms with van der Waals surface area (Å²) in [5.41, 5.74) is 8.21. The Hall–Kier alpha value is -2.67. The predicted octanol–water partition coefficient (Wildman–Crippen LogP) is 6.87. The van der Waals surface area contributed by atoms with Crippen molar-refractivity contribution in [3.8, 4) is 39.4 Å². The van der Waals surface area contributed by atoms with E-state index in [-0.39, 0.29) is 5.75 Å². The third-order valence-electron chi connectivity index (χ3n) is 5.96. The summed E-state index contributed by atoms with van der Waals surface area (Å²) in [5, 5.41) is 16.7. The van der Waals surface area contributed by atoms with Gasteiger partial charge in [-0.2, -0.15) is 5.10 Å². The first-order valence-corrected chi connectivity index (χ1v) is 15.6. The minimum Gasteiger partial charge on any atom is -0.508 e. The van der Waals surface area contributed by atoms with E-state index >= 15 is 0 Å². The van der Waals surface area contributed by atoms with Crippen molar-refractivity contribution in [2.45, 2.75) is 38.8 Å². The van der Waals surface area contributed by atoms with Crippen LogP contribution in [0.25, 0.3) is 33.6 Å². The van der Waals surface area contributed by atoms with Crippen LogP contribution < -0.4 is 0 Å². The van der Waals surface area contributed by atoms with Crippen LogP contribution >= 0.6 is 11.3 Å². The van der Waals surface area contributed by atoms with E-state index in [2.05, 4.69) is 60.0 Å². The van der Waals surface area contributed by atoms with Gasteiger partial charge in [0.1, 0.15) is 12.5 Å². The first-order chi connectivity index (χ1) is 15.4. The molecule has 0 spiro atoms. The van der Waals surface area contributed by atoms with Crippen LogP contribution in [0.5, 0.6) is 5.75 Å². The Morgan fingerprint density at radius 3 is 2.31 bits per heavy atom. The van der Waals surface area contributed by atoms with Crippen molar-refractivity contribution >= 4 is 19.4 Å². The number of phenols is 1. The summed E-state index contributed by atoms with van der Waals surface area (Å²) in [6, 6.07) is 19.2. The van der Waals surface area contributed by atoms with Crippen molar-refractivity contribution in [3.63, 3.8) is 0 Å². The molecule has 0 radical (unpaired) electrons. The number of thiophene rings is 1. The highest BCUT2D eigenvalue weighted by Gasteiger charge is 2.29. The SMILES string of the molecule is C[Si](C)(C)CCOCn1nc(-c2ccc(-c3ccc(O)cc3)cc2)c2c1-c1ccsc1C2. The van der Waals surface area contributed by atoms with E-state index in [1.165, 1.54) is 21.7 Å². The van der Waals surface area contributed by atoms with E-state index < -0.39 is 8.07 Å². The maximum atomic E-state index is 9.54. The summed E-state index contributed by atoms with van der Waals surface area (Å²) in [7, 11) is -1.11. The average molecular weight is 461 g/mol. The molecule has 1 aliphatic carbocycles. The van der Waals surface area contributed by atoms with Crippen molar-refractivity contribution < 1.29 is 9.84 Å². The lowest BCUT2D eigenvalue weighted by Crippen LogP contribution is -2.22. The Labute approximate surface area is 194 Å². The molecule has 32 heavy (non-hydrogen) atoms. The van der Waals surface area contributed by atoms with Gasteiger partial charge in [0.15, 0.2) is 0 Å². The minimum atomic E-state index is -1.11. The molecule has 4 nitrogen and oxygen atoms in total. The lowest BCUT2D eigenvalue weighted by Gasteiger charge is -2.15. The predicted molar refractivity (Wildman–Crippen MR) is 135 cm³/mol. The topological polar surface area (TPSA) is 47.3 Å². The van der Waals surface area contributed by atoms with Crippen molar-refractivity contribution in [2.24, 2.45) is 0 Å². The molecule has 1 N–H and O–H groups in total. The summed E-state index contributed by atoms with van der Waals surface area (Å²) in [4.78, 5) is 1.41. The number of rotatable bonds is 7. The Bertz CT molecular complexity index is 1230. The van der Waals surface area contributed by atoms with E-state index in [1.807, 2.05) is 23.5 Å². The molecule has 0 aliphatic heterocycles. The number of benzene rings is 2. The van der Waals surface area contributed by atoms with Gasteiger partial charge in [-0.1, -0.05) is 56.0 Å². The largest absolute Gasteiger partial charge is 0.508 e. The lowest BCUT2D eigenvalue weighted by atomic mass is 10.0. The molecule has 0 fully saturated rings. The Kier molecular flexibility index (Phi) is 5.53. The number of aromatic nitrogens is 2. The standard InChI is InChI=1S/C26H28N2O2SSi/c1-32(2,3)15-13-30-17-28-26-22-12-14-31-24(22)16-23(26)25(27-28)20-6-4-18(5-7-20)19-8-10-21(29)11-9-19/h4-12,14,29H,13,15-17H2,1-3H3. The zero-order valence-corrected chi connectivity index (χ0v) is 20.6. The zero-order valence-electron chi connectivity index (χ0n) is 18.8. The van der Waals surface area contributed by atoms with Crippen LogP contribution in [-0.4, -0.2) is 29.6 Å². The van der Waals surface area contributed by atoms with E-state index in [0.717, 1.165) is 41.5 Å². The molecule has 0 unspecified atom stereocenters. The number of nitrogens with zero attached hydrogens (tertiary/aromatic N) is 2. The lowest BCUT2D eigenvalue weighted by molar-refractivity contribution is 0.0799. The highest BCUT2D eigenvalue weighted by Crippen LogP contribution is 2.44. The zero-order chi connectivity index (χ0) is 22.3. The van der Waals surface area contributed by atoms with Crippen molar-refractivity contribution in [3.05, 3.63) is 70.4 Å². The molecule has 0 amide bonds. The fourth-order valence-corrected chi connectivity index (χ4v) is 5.79. The number of hydrogen-bond acceptors (Lipinski definition) is 4. The van der Waals surface area contributed by atoms with Gasteiger partial charge in [0.05, 0.1) is 11.4 Å². The molecule has 0 saturated carbocycles. The van der Waals surface area contributed by atoms with Crippen LogP contribution in [0.2, 0.25) is 25.7 Å². The quantitative estimate of drug-likeness (QED) is 0.213. The van der Waals surface area contributed by atoms with Gasteiger partial charge in [0.25, 0.3) is 0 Å². The third kappa shape index (κ3) is 4.18. The molecule has 164 valence electrons. The highest BCUT2D eigenvalue weighted by molar-refractivity contribution is 7.10. The van der Waals surface area contributed by atoms with Gasteiger partial charge in [-0.15, -0.1) is 11.3 Å². The molecule has 2 aromatic heterocycles. The molecule has 0 atom stereocenters. The molecule has 0 bridgehead atoms. The number of ether oxygens (including phenoxy) is 1. The summed E-state index contributed by atoms with van der Waals surface area (Å²) >= 11 is 1.82. The second-order valence-electron chi connectivity index (χ2n) is 9.58.